The fourth-order valence-corrected chi connectivity index (χ4v) is 2.63. The second-order valence-corrected chi connectivity index (χ2v) is 6.08. The Labute approximate surface area is 134 Å². The number of carbonyl (C=O) groups is 2. The molecule has 5 nitrogen and oxygen atoms in total. The Kier molecular flexibility index (Phi) is 10.7. The van der Waals surface area contributed by atoms with E-state index in [1.54, 1.807) is 0 Å². The monoisotopic (exact) mass is 312 g/mol. The Morgan fingerprint density at radius 2 is 1.59 bits per heavy atom. The average Bonchev–Trinajstić information content (AvgIpc) is 3.04. The van der Waals surface area contributed by atoms with Gasteiger partial charge in [-0.1, -0.05) is 51.9 Å². The van der Waals surface area contributed by atoms with E-state index >= 15 is 0 Å². The lowest BCUT2D eigenvalue weighted by Crippen LogP contribution is -2.42. The lowest BCUT2D eigenvalue weighted by Gasteiger charge is -2.10. The molecule has 0 aliphatic carbocycles. The van der Waals surface area contributed by atoms with Crippen LogP contribution in [0.4, 0.5) is 0 Å². The number of amides is 2. The molecule has 22 heavy (non-hydrogen) atoms. The van der Waals surface area contributed by atoms with Crippen LogP contribution < -0.4 is 10.6 Å². The van der Waals surface area contributed by atoms with Gasteiger partial charge in [0, 0.05) is 19.7 Å². The summed E-state index contributed by atoms with van der Waals surface area (Å²) in [6, 6.07) is 0. The van der Waals surface area contributed by atoms with Crippen molar-refractivity contribution in [1.82, 2.24) is 10.6 Å². The predicted octanol–water partition coefficient (Wildman–Crippen LogP) is 2.54. The van der Waals surface area contributed by atoms with E-state index in [9.17, 15) is 9.59 Å². The minimum atomic E-state index is -0.546. The number of hydrogen-bond acceptors (Lipinski definition) is 3. The molecule has 1 aliphatic heterocycles. The van der Waals surface area contributed by atoms with E-state index in [1.165, 1.54) is 38.5 Å². The first-order valence-corrected chi connectivity index (χ1v) is 8.91. The van der Waals surface area contributed by atoms with E-state index in [4.69, 9.17) is 4.74 Å². The molecule has 0 aromatic rings. The molecule has 0 spiro atoms. The van der Waals surface area contributed by atoms with Gasteiger partial charge in [-0.3, -0.25) is 9.59 Å². The molecule has 0 bridgehead atoms. The Bertz CT molecular complexity index is 315. The molecule has 1 saturated heterocycles. The van der Waals surface area contributed by atoms with Crippen molar-refractivity contribution in [2.24, 2.45) is 0 Å². The maximum Gasteiger partial charge on any atom is 0.309 e. The largest absolute Gasteiger partial charge is 0.376 e. The molecule has 0 unspecified atom stereocenters. The third-order valence-corrected chi connectivity index (χ3v) is 4.04. The van der Waals surface area contributed by atoms with E-state index in [-0.39, 0.29) is 6.10 Å². The quantitative estimate of drug-likeness (QED) is 0.455. The van der Waals surface area contributed by atoms with Gasteiger partial charge in [0.05, 0.1) is 6.10 Å². The normalized spacial score (nSPS) is 17.4. The zero-order chi connectivity index (χ0) is 16.0. The van der Waals surface area contributed by atoms with Crippen molar-refractivity contribution in [2.75, 3.05) is 19.7 Å². The third kappa shape index (κ3) is 9.03. The van der Waals surface area contributed by atoms with E-state index in [1.807, 2.05) is 0 Å². The summed E-state index contributed by atoms with van der Waals surface area (Å²) in [5.41, 5.74) is 0. The molecule has 1 rings (SSSR count). The summed E-state index contributed by atoms with van der Waals surface area (Å²) in [6.45, 7) is 4.00. The van der Waals surface area contributed by atoms with Crippen LogP contribution in [0.3, 0.4) is 0 Å². The van der Waals surface area contributed by atoms with Gasteiger partial charge in [-0.2, -0.15) is 0 Å². The van der Waals surface area contributed by atoms with Gasteiger partial charge in [-0.05, 0) is 19.3 Å². The van der Waals surface area contributed by atoms with Crippen molar-refractivity contribution < 1.29 is 14.3 Å². The summed E-state index contributed by atoms with van der Waals surface area (Å²) in [4.78, 5) is 23.2. The molecule has 2 amide bonds. The molecule has 5 heteroatoms. The summed E-state index contributed by atoms with van der Waals surface area (Å²) in [5.74, 6) is -1.07. The molecule has 1 heterocycles. The summed E-state index contributed by atoms with van der Waals surface area (Å²) >= 11 is 0. The maximum atomic E-state index is 11.6. The van der Waals surface area contributed by atoms with Crippen molar-refractivity contribution in [3.8, 4) is 0 Å². The fourth-order valence-electron chi connectivity index (χ4n) is 2.63. The van der Waals surface area contributed by atoms with Gasteiger partial charge < -0.3 is 15.4 Å². The molecule has 1 atom stereocenters. The zero-order valence-electron chi connectivity index (χ0n) is 14.0. The highest BCUT2D eigenvalue weighted by molar-refractivity contribution is 6.35. The average molecular weight is 312 g/mol. The molecular formula is C17H32N2O3. The SMILES string of the molecule is CCCCCCCCCCNC(=O)C(=O)NC[C@@H]1CCCO1. The third-order valence-electron chi connectivity index (χ3n) is 4.04. The smallest absolute Gasteiger partial charge is 0.309 e. The highest BCUT2D eigenvalue weighted by Crippen LogP contribution is 2.10. The maximum absolute atomic E-state index is 11.6. The van der Waals surface area contributed by atoms with Crippen LogP contribution in [0.1, 0.15) is 71.1 Å². The molecule has 128 valence electrons. The van der Waals surface area contributed by atoms with E-state index < -0.39 is 11.8 Å². The van der Waals surface area contributed by atoms with E-state index in [0.29, 0.717) is 13.1 Å². The van der Waals surface area contributed by atoms with Crippen molar-refractivity contribution in [2.45, 2.75) is 77.2 Å². The standard InChI is InChI=1S/C17H32N2O3/c1-2-3-4-5-6-7-8-9-12-18-16(20)17(21)19-14-15-11-10-13-22-15/h15H,2-14H2,1H3,(H,18,20)(H,19,21)/t15-/m0/s1. The second-order valence-electron chi connectivity index (χ2n) is 6.08. The van der Waals surface area contributed by atoms with Gasteiger partial charge in [0.2, 0.25) is 0 Å². The molecule has 0 aromatic carbocycles. The number of nitrogens with one attached hydrogen (secondary N) is 2. The number of hydrogen-bond donors (Lipinski definition) is 2. The first-order valence-electron chi connectivity index (χ1n) is 8.91. The lowest BCUT2D eigenvalue weighted by atomic mass is 10.1. The Hall–Kier alpha value is -1.10. The van der Waals surface area contributed by atoms with Crippen LogP contribution in [-0.4, -0.2) is 37.6 Å². The van der Waals surface area contributed by atoms with Crippen LogP contribution >= 0.6 is 0 Å². The van der Waals surface area contributed by atoms with Gasteiger partial charge in [0.15, 0.2) is 0 Å². The van der Waals surface area contributed by atoms with Gasteiger partial charge in [-0.15, -0.1) is 0 Å². The highest BCUT2D eigenvalue weighted by atomic mass is 16.5. The first-order chi connectivity index (χ1) is 10.7. The Morgan fingerprint density at radius 1 is 0.955 bits per heavy atom. The summed E-state index contributed by atoms with van der Waals surface area (Å²) in [5, 5.41) is 5.31. The number of unbranched alkanes of at least 4 members (excludes halogenated alkanes) is 7. The second kappa shape index (κ2) is 12.4. The summed E-state index contributed by atoms with van der Waals surface area (Å²) in [6.07, 6.45) is 11.9. The van der Waals surface area contributed by atoms with Crippen molar-refractivity contribution in [3.63, 3.8) is 0 Å². The van der Waals surface area contributed by atoms with Crippen molar-refractivity contribution >= 4 is 11.8 Å². The van der Waals surface area contributed by atoms with Crippen LogP contribution in [0.15, 0.2) is 0 Å². The van der Waals surface area contributed by atoms with E-state index in [2.05, 4.69) is 17.6 Å². The van der Waals surface area contributed by atoms with Crippen molar-refractivity contribution in [3.05, 3.63) is 0 Å². The number of rotatable bonds is 11. The zero-order valence-corrected chi connectivity index (χ0v) is 14.0. The lowest BCUT2D eigenvalue weighted by molar-refractivity contribution is -0.139. The Morgan fingerprint density at radius 3 is 2.23 bits per heavy atom. The number of ether oxygens (including phenoxy) is 1. The molecule has 0 aromatic heterocycles. The molecular weight excluding hydrogens is 280 g/mol. The molecule has 1 fully saturated rings. The first kappa shape index (κ1) is 18.9. The Balaban J connectivity index is 1.90. The van der Waals surface area contributed by atoms with Crippen molar-refractivity contribution in [1.29, 1.82) is 0 Å². The predicted molar refractivity (Wildman–Crippen MR) is 87.6 cm³/mol. The molecule has 0 radical (unpaired) electrons. The minimum absolute atomic E-state index is 0.0736. The van der Waals surface area contributed by atoms with Gasteiger partial charge in [0.25, 0.3) is 0 Å². The summed E-state index contributed by atoms with van der Waals surface area (Å²) in [7, 11) is 0. The van der Waals surface area contributed by atoms with Crippen LogP contribution in [0.5, 0.6) is 0 Å². The van der Waals surface area contributed by atoms with Crippen LogP contribution in [-0.2, 0) is 14.3 Å². The topological polar surface area (TPSA) is 67.4 Å². The van der Waals surface area contributed by atoms with Crippen LogP contribution in [0, 0.1) is 0 Å². The van der Waals surface area contributed by atoms with Crippen LogP contribution in [0.25, 0.3) is 0 Å². The van der Waals surface area contributed by atoms with Gasteiger partial charge >= 0.3 is 11.8 Å². The number of carbonyl (C=O) groups excluding carboxylic acids is 2. The highest BCUT2D eigenvalue weighted by Gasteiger charge is 2.18. The van der Waals surface area contributed by atoms with Gasteiger partial charge in [0.1, 0.15) is 0 Å². The fraction of sp³-hybridized carbons (Fsp3) is 0.882. The van der Waals surface area contributed by atoms with Crippen LogP contribution in [0.2, 0.25) is 0 Å². The summed E-state index contributed by atoms with van der Waals surface area (Å²) < 4.78 is 5.40. The minimum Gasteiger partial charge on any atom is -0.376 e. The molecule has 2 N–H and O–H groups in total. The van der Waals surface area contributed by atoms with Gasteiger partial charge in [-0.25, -0.2) is 0 Å². The molecule has 0 saturated carbocycles. The molecule has 1 aliphatic rings. The van der Waals surface area contributed by atoms with E-state index in [0.717, 1.165) is 32.3 Å².